The molecule has 2 saturated heterocycles. The minimum absolute atomic E-state index is 0.0203. The van der Waals surface area contributed by atoms with E-state index in [9.17, 15) is 0 Å². The Kier molecular flexibility index (Phi) is 10.9. The van der Waals surface area contributed by atoms with Crippen LogP contribution in [-0.2, 0) is 23.7 Å². The number of hydrogen-bond donors (Lipinski definition) is 0. The summed E-state index contributed by atoms with van der Waals surface area (Å²) >= 11 is 0. The van der Waals surface area contributed by atoms with Gasteiger partial charge in [-0.3, -0.25) is 0 Å². The fourth-order valence-corrected chi connectivity index (χ4v) is 4.50. The monoisotopic (exact) mass is 438 g/mol. The van der Waals surface area contributed by atoms with Gasteiger partial charge in [0.05, 0.1) is 39.0 Å². The van der Waals surface area contributed by atoms with Gasteiger partial charge in [-0.1, -0.05) is 40.5 Å². The van der Waals surface area contributed by atoms with E-state index in [1.807, 2.05) is 12.5 Å². The van der Waals surface area contributed by atoms with Crippen molar-refractivity contribution in [3.8, 4) is 0 Å². The Labute approximate surface area is 190 Å². The highest BCUT2D eigenvalue weighted by molar-refractivity contribution is 5.01. The van der Waals surface area contributed by atoms with Crippen molar-refractivity contribution in [1.29, 1.82) is 0 Å². The van der Waals surface area contributed by atoms with Crippen LogP contribution >= 0.6 is 0 Å². The third-order valence-corrected chi connectivity index (χ3v) is 7.01. The van der Waals surface area contributed by atoms with Gasteiger partial charge in [0.2, 0.25) is 0 Å². The van der Waals surface area contributed by atoms with E-state index in [0.29, 0.717) is 26.4 Å². The molecule has 31 heavy (non-hydrogen) atoms. The molecule has 2 aliphatic heterocycles. The predicted octanol–water partition coefficient (Wildman–Crippen LogP) is 6.03. The van der Waals surface area contributed by atoms with Crippen LogP contribution in [0.25, 0.3) is 0 Å². The summed E-state index contributed by atoms with van der Waals surface area (Å²) < 4.78 is 30.6. The molecule has 4 unspecified atom stereocenters. The molecule has 0 saturated carbocycles. The second-order valence-corrected chi connectivity index (χ2v) is 9.40. The van der Waals surface area contributed by atoms with E-state index in [-0.39, 0.29) is 35.2 Å². The molecular formula is C26H46O5. The first kappa shape index (κ1) is 26.2. The minimum Gasteiger partial charge on any atom is -0.496 e. The second kappa shape index (κ2) is 12.9. The van der Waals surface area contributed by atoms with E-state index in [0.717, 1.165) is 38.5 Å². The molecular weight excluding hydrogens is 392 g/mol. The van der Waals surface area contributed by atoms with Gasteiger partial charge >= 0.3 is 0 Å². The molecule has 0 amide bonds. The van der Waals surface area contributed by atoms with Crippen LogP contribution in [0.15, 0.2) is 24.7 Å². The normalized spacial score (nSPS) is 23.7. The maximum atomic E-state index is 7.01. The number of hydrogen-bond acceptors (Lipinski definition) is 5. The first-order valence-electron chi connectivity index (χ1n) is 12.4. The van der Waals surface area contributed by atoms with Crippen LogP contribution in [0.2, 0.25) is 0 Å². The van der Waals surface area contributed by atoms with Gasteiger partial charge in [-0.05, 0) is 51.7 Å². The van der Waals surface area contributed by atoms with Gasteiger partial charge in [-0.15, -0.1) is 0 Å². The van der Waals surface area contributed by atoms with Crippen LogP contribution in [0.3, 0.4) is 0 Å². The summed E-state index contributed by atoms with van der Waals surface area (Å²) in [6.07, 6.45) is 13.9. The van der Waals surface area contributed by atoms with Gasteiger partial charge < -0.3 is 23.7 Å². The van der Waals surface area contributed by atoms with E-state index in [1.54, 1.807) is 0 Å². The molecule has 5 heteroatoms. The summed E-state index contributed by atoms with van der Waals surface area (Å²) in [6.45, 7) is 15.9. The molecule has 2 rings (SSSR count). The minimum atomic E-state index is -0.0720. The van der Waals surface area contributed by atoms with Gasteiger partial charge in [0, 0.05) is 10.8 Å². The summed E-state index contributed by atoms with van der Waals surface area (Å²) in [7, 11) is 0. The Balaban J connectivity index is 2.22. The van der Waals surface area contributed by atoms with Crippen molar-refractivity contribution < 1.29 is 23.7 Å². The van der Waals surface area contributed by atoms with Crippen molar-refractivity contribution in [2.24, 2.45) is 10.8 Å². The van der Waals surface area contributed by atoms with Crippen molar-refractivity contribution in [2.45, 2.75) is 104 Å². The maximum absolute atomic E-state index is 7.01. The fourth-order valence-electron chi connectivity index (χ4n) is 4.50. The van der Waals surface area contributed by atoms with Gasteiger partial charge in [-0.2, -0.15) is 0 Å². The Morgan fingerprint density at radius 2 is 1.10 bits per heavy atom. The number of unbranched alkanes of at least 4 members (excludes halogenated alkanes) is 2. The summed E-state index contributed by atoms with van der Waals surface area (Å²) in [4.78, 5) is 0. The van der Waals surface area contributed by atoms with Crippen molar-refractivity contribution in [1.82, 2.24) is 0 Å². The van der Waals surface area contributed by atoms with Crippen molar-refractivity contribution in [3.63, 3.8) is 0 Å². The SMILES string of the molecule is CCC/C=C/OC(C)C(OC(C(C)O/C=C/CCC)C1(CC)COC1)C1(CC)COC1. The highest BCUT2D eigenvalue weighted by atomic mass is 16.6. The highest BCUT2D eigenvalue weighted by Gasteiger charge is 2.54. The fraction of sp³-hybridized carbons (Fsp3) is 0.846. The molecule has 5 nitrogen and oxygen atoms in total. The summed E-state index contributed by atoms with van der Waals surface area (Å²) in [5.41, 5.74) is -0.0405. The molecule has 2 heterocycles. The number of ether oxygens (including phenoxy) is 5. The van der Waals surface area contributed by atoms with Crippen LogP contribution in [0.1, 0.15) is 80.1 Å². The molecule has 0 aromatic heterocycles. The molecule has 4 atom stereocenters. The standard InChI is InChI=1S/C26H46O5/c1-7-11-13-15-29-21(5)23(25(9-3)17-27-18-25)31-24(26(10-4)19-28-20-26)22(6)30-16-14-12-8-2/h13-16,21-24H,7-12,17-20H2,1-6H3/b15-13+,16-14+. The highest BCUT2D eigenvalue weighted by Crippen LogP contribution is 2.45. The zero-order valence-corrected chi connectivity index (χ0v) is 20.7. The smallest absolute Gasteiger partial charge is 0.122 e. The molecule has 2 fully saturated rings. The van der Waals surface area contributed by atoms with Gasteiger partial charge in [-0.25, -0.2) is 0 Å². The lowest BCUT2D eigenvalue weighted by Gasteiger charge is -2.53. The second-order valence-electron chi connectivity index (χ2n) is 9.40. The molecule has 0 bridgehead atoms. The van der Waals surface area contributed by atoms with Crippen LogP contribution in [-0.4, -0.2) is 50.8 Å². The predicted molar refractivity (Wildman–Crippen MR) is 125 cm³/mol. The molecule has 0 aromatic carbocycles. The Morgan fingerprint density at radius 3 is 1.35 bits per heavy atom. The molecule has 0 aromatic rings. The zero-order chi connectivity index (χ0) is 22.7. The summed E-state index contributed by atoms with van der Waals surface area (Å²) in [5.74, 6) is 0. The summed E-state index contributed by atoms with van der Waals surface area (Å²) in [6, 6.07) is 0. The Bertz CT molecular complexity index is 491. The molecule has 180 valence electrons. The van der Waals surface area contributed by atoms with E-state index in [4.69, 9.17) is 23.7 Å². The Morgan fingerprint density at radius 1 is 0.710 bits per heavy atom. The quantitative estimate of drug-likeness (QED) is 0.275. The van der Waals surface area contributed by atoms with Crippen LogP contribution in [0.5, 0.6) is 0 Å². The molecule has 0 N–H and O–H groups in total. The van der Waals surface area contributed by atoms with Gasteiger partial charge in [0.15, 0.2) is 0 Å². The van der Waals surface area contributed by atoms with Crippen molar-refractivity contribution in [2.75, 3.05) is 26.4 Å². The number of allylic oxidation sites excluding steroid dienone is 2. The number of rotatable bonds is 16. The molecule has 2 aliphatic rings. The third kappa shape index (κ3) is 6.49. The average Bonchev–Trinajstić information content (AvgIpc) is 2.71. The van der Waals surface area contributed by atoms with Crippen LogP contribution in [0, 0.1) is 10.8 Å². The van der Waals surface area contributed by atoms with Crippen molar-refractivity contribution >= 4 is 0 Å². The summed E-state index contributed by atoms with van der Waals surface area (Å²) in [5, 5.41) is 0. The van der Waals surface area contributed by atoms with E-state index in [1.165, 1.54) is 0 Å². The van der Waals surface area contributed by atoms with Gasteiger partial charge in [0.1, 0.15) is 24.4 Å². The van der Waals surface area contributed by atoms with Crippen LogP contribution in [0.4, 0.5) is 0 Å². The first-order valence-corrected chi connectivity index (χ1v) is 12.4. The molecule has 0 radical (unpaired) electrons. The average molecular weight is 439 g/mol. The lowest BCUT2D eigenvalue weighted by molar-refractivity contribution is -0.280. The van der Waals surface area contributed by atoms with Crippen LogP contribution < -0.4 is 0 Å². The van der Waals surface area contributed by atoms with Gasteiger partial charge in [0.25, 0.3) is 0 Å². The lowest BCUT2D eigenvalue weighted by Crippen LogP contribution is -2.62. The van der Waals surface area contributed by atoms with E-state index >= 15 is 0 Å². The van der Waals surface area contributed by atoms with E-state index in [2.05, 4.69) is 53.7 Å². The van der Waals surface area contributed by atoms with Crippen molar-refractivity contribution in [3.05, 3.63) is 24.7 Å². The topological polar surface area (TPSA) is 46.2 Å². The largest absolute Gasteiger partial charge is 0.496 e. The zero-order valence-electron chi connectivity index (χ0n) is 20.7. The molecule has 0 spiro atoms. The molecule has 0 aliphatic carbocycles. The lowest BCUT2D eigenvalue weighted by atomic mass is 9.73. The van der Waals surface area contributed by atoms with E-state index < -0.39 is 0 Å². The Hall–Kier alpha value is -1.04. The first-order chi connectivity index (χ1) is 15.0. The third-order valence-electron chi connectivity index (χ3n) is 7.01. The maximum Gasteiger partial charge on any atom is 0.122 e.